The highest BCUT2D eigenvalue weighted by molar-refractivity contribution is 5.81. The van der Waals surface area contributed by atoms with Crippen LogP contribution in [0.2, 0.25) is 0 Å². The maximum absolute atomic E-state index is 4.29. The van der Waals surface area contributed by atoms with Crippen molar-refractivity contribution in [2.75, 3.05) is 0 Å². The predicted octanol–water partition coefficient (Wildman–Crippen LogP) is 14.9. The van der Waals surface area contributed by atoms with Crippen molar-refractivity contribution < 1.29 is 0 Å². The molecule has 0 amide bonds. The highest BCUT2D eigenvalue weighted by Crippen LogP contribution is 2.59. The highest BCUT2D eigenvalue weighted by Gasteiger charge is 2.52. The quantitative estimate of drug-likeness (QED) is 0.156. The predicted molar refractivity (Wildman–Crippen MR) is 252 cm³/mol. The van der Waals surface area contributed by atoms with E-state index in [2.05, 4.69) is 231 Å². The van der Waals surface area contributed by atoms with E-state index in [1.165, 1.54) is 66.8 Å². The van der Waals surface area contributed by atoms with Gasteiger partial charge in [0, 0.05) is 65.6 Å². The van der Waals surface area contributed by atoms with E-state index in [4.69, 9.17) is 0 Å². The molecule has 0 aliphatic heterocycles. The van der Waals surface area contributed by atoms with Gasteiger partial charge < -0.3 is 0 Å². The summed E-state index contributed by atoms with van der Waals surface area (Å²) in [5.74, 6) is 0. The van der Waals surface area contributed by atoms with E-state index in [0.29, 0.717) is 0 Å². The van der Waals surface area contributed by atoms with Gasteiger partial charge in [-0.15, -0.1) is 22.9 Å². The Bertz CT molecular complexity index is 2320. The number of hydrogen-bond acceptors (Lipinski definition) is 0. The molecular weight excluding hydrogens is 721 g/mol. The van der Waals surface area contributed by atoms with Crippen LogP contribution in [0.25, 0.3) is 0 Å². The molecule has 5 aliphatic rings. The smallest absolute Gasteiger partial charge is 0.0490 e. The fourth-order valence-corrected chi connectivity index (χ4v) is 13.2. The van der Waals surface area contributed by atoms with Gasteiger partial charge in [-0.2, -0.15) is 0 Å². The van der Waals surface area contributed by atoms with Crippen molar-refractivity contribution in [3.63, 3.8) is 0 Å². The van der Waals surface area contributed by atoms with Gasteiger partial charge in [-0.05, 0) is 66.8 Å². The van der Waals surface area contributed by atoms with E-state index in [-0.39, 0.29) is 43.3 Å². The summed E-state index contributed by atoms with van der Waals surface area (Å²) < 4.78 is 0. The molecule has 0 N–H and O–H groups in total. The molecule has 0 spiro atoms. The van der Waals surface area contributed by atoms with Gasteiger partial charge in [0.25, 0.3) is 0 Å². The maximum atomic E-state index is 4.29. The first-order valence-corrected chi connectivity index (χ1v) is 22.3. The molecule has 1 saturated carbocycles. The second kappa shape index (κ2) is 12.3. The minimum atomic E-state index is -0.219. The van der Waals surface area contributed by atoms with Gasteiger partial charge in [0.05, 0.1) is 0 Å². The summed E-state index contributed by atoms with van der Waals surface area (Å²) in [5.41, 5.74) is 36.2. The topological polar surface area (TPSA) is 0 Å². The first-order chi connectivity index (χ1) is 27.8. The molecule has 0 saturated heterocycles. The van der Waals surface area contributed by atoms with Gasteiger partial charge in [0.1, 0.15) is 0 Å². The lowest BCUT2D eigenvalue weighted by atomic mass is 9.67. The lowest BCUT2D eigenvalue weighted by Gasteiger charge is -2.33. The molecule has 0 heterocycles. The summed E-state index contributed by atoms with van der Waals surface area (Å²) in [6, 6.07) is 36.2. The number of rotatable bonds is 0. The van der Waals surface area contributed by atoms with Gasteiger partial charge in [0.15, 0.2) is 0 Å². The van der Waals surface area contributed by atoms with Crippen molar-refractivity contribution in [3.8, 4) is 0 Å². The molecule has 4 aromatic carbocycles. The monoisotopic (exact) mass is 785 g/mol. The third kappa shape index (κ3) is 5.13. The minimum absolute atomic E-state index is 0.219. The molecule has 9 rings (SSSR count). The van der Waals surface area contributed by atoms with E-state index in [1.54, 1.807) is 0 Å². The normalized spacial score (nSPS) is 23.2. The Balaban J connectivity index is 1.50. The number of hydrogen-bond donors (Lipinski definition) is 0. The zero-order valence-electron chi connectivity index (χ0n) is 39.2. The van der Waals surface area contributed by atoms with E-state index in [1.807, 2.05) is 0 Å². The van der Waals surface area contributed by atoms with Gasteiger partial charge in [-0.25, -0.2) is 0 Å². The molecule has 0 aromatic heterocycles. The molecule has 0 unspecified atom stereocenters. The summed E-state index contributed by atoms with van der Waals surface area (Å²) in [5, 5.41) is 0. The van der Waals surface area contributed by atoms with Crippen LogP contribution in [0.4, 0.5) is 0 Å². The molecular formula is C60H64. The number of allylic oxidation sites excluding steroid dienone is 4. The Kier molecular flexibility index (Phi) is 8.27. The van der Waals surface area contributed by atoms with Gasteiger partial charge in [0.2, 0.25) is 0 Å². The second-order valence-electron chi connectivity index (χ2n) is 22.7. The zero-order valence-corrected chi connectivity index (χ0v) is 39.2. The summed E-state index contributed by atoms with van der Waals surface area (Å²) in [7, 11) is 0. The SMILES string of the molecule is CC1(C)C(=C=C2C(=C=C3C(C)(C)c4ccccc4C3(C)C)C(=C=C3C(C)(C)c4ccccc4C3(C)C)C2=C=C2C(C)(C)c3ccccc3C2(C)C)C(C)(C)c2ccccc21. The lowest BCUT2D eigenvalue weighted by Crippen LogP contribution is -2.26. The summed E-state index contributed by atoms with van der Waals surface area (Å²) >= 11 is 0. The Morgan fingerprint density at radius 3 is 0.450 bits per heavy atom. The molecule has 0 atom stereocenters. The average molecular weight is 785 g/mol. The first kappa shape index (κ1) is 40.4. The molecule has 4 aromatic rings. The van der Waals surface area contributed by atoms with Crippen LogP contribution < -0.4 is 0 Å². The molecule has 304 valence electrons. The van der Waals surface area contributed by atoms with Crippen LogP contribution >= 0.6 is 0 Å². The van der Waals surface area contributed by atoms with Crippen molar-refractivity contribution in [2.45, 2.75) is 154 Å². The molecule has 0 radical (unpaired) electrons. The Hall–Kier alpha value is -5.04. The van der Waals surface area contributed by atoms with Crippen LogP contribution in [0.5, 0.6) is 0 Å². The van der Waals surface area contributed by atoms with E-state index >= 15 is 0 Å². The van der Waals surface area contributed by atoms with Gasteiger partial charge in [-0.1, -0.05) is 208 Å². The molecule has 1 fully saturated rings. The van der Waals surface area contributed by atoms with Crippen molar-refractivity contribution in [2.24, 2.45) is 0 Å². The van der Waals surface area contributed by atoms with Crippen molar-refractivity contribution in [1.82, 2.24) is 0 Å². The largest absolute Gasteiger partial charge is 0.109 e. The number of benzene rings is 4. The Labute approximate surface area is 361 Å². The molecule has 60 heavy (non-hydrogen) atoms. The maximum Gasteiger partial charge on any atom is 0.0490 e. The van der Waals surface area contributed by atoms with Crippen molar-refractivity contribution in [1.29, 1.82) is 0 Å². The van der Waals surface area contributed by atoms with Crippen LogP contribution in [0.1, 0.15) is 155 Å². The van der Waals surface area contributed by atoms with Crippen LogP contribution in [0.3, 0.4) is 0 Å². The third-order valence-corrected chi connectivity index (χ3v) is 16.1. The van der Waals surface area contributed by atoms with Crippen LogP contribution in [0, 0.1) is 0 Å². The molecule has 0 bridgehead atoms. The van der Waals surface area contributed by atoms with E-state index in [0.717, 1.165) is 22.3 Å². The van der Waals surface area contributed by atoms with Crippen molar-refractivity contribution >= 4 is 0 Å². The zero-order chi connectivity index (χ0) is 43.4. The molecule has 0 heteroatoms. The van der Waals surface area contributed by atoms with Crippen molar-refractivity contribution in [3.05, 3.63) is 209 Å². The summed E-state index contributed by atoms with van der Waals surface area (Å²) in [6.45, 7) is 38.3. The molecule has 0 nitrogen and oxygen atoms in total. The fraction of sp³-hybridized carbons (Fsp3) is 0.400. The first-order valence-electron chi connectivity index (χ1n) is 22.3. The van der Waals surface area contributed by atoms with Crippen LogP contribution in [-0.4, -0.2) is 0 Å². The highest BCUT2D eigenvalue weighted by atomic mass is 14.5. The minimum Gasteiger partial charge on any atom is -0.109 e. The standard InChI is InChI=1S/C60H64/c1-53(2)41-25-17-18-26-42(41)54(3,4)49(53)33-37-38(34-50-55(5,6)43-27-19-20-28-44(43)56(50,7)8)40(36-52-59(13,14)47-31-23-24-32-48(47)60(52,15)16)39(37)35-51-57(9,10)45-29-21-22-30-46(45)58(51,11)12/h17-32H,1-16H3. The second-order valence-corrected chi connectivity index (χ2v) is 22.7. The third-order valence-electron chi connectivity index (χ3n) is 16.1. The Morgan fingerprint density at radius 2 is 0.333 bits per heavy atom. The van der Waals surface area contributed by atoms with Gasteiger partial charge >= 0.3 is 0 Å². The molecule has 5 aliphatic carbocycles. The van der Waals surface area contributed by atoms with E-state index < -0.39 is 0 Å². The Morgan fingerprint density at radius 1 is 0.217 bits per heavy atom. The average Bonchev–Trinajstić information content (AvgIpc) is 3.59. The lowest BCUT2D eigenvalue weighted by molar-refractivity contribution is 0.547. The number of fused-ring (bicyclic) bond motifs is 4. The van der Waals surface area contributed by atoms with E-state index in [9.17, 15) is 0 Å². The summed E-state index contributed by atoms with van der Waals surface area (Å²) in [4.78, 5) is 0. The summed E-state index contributed by atoms with van der Waals surface area (Å²) in [6.07, 6.45) is 0. The van der Waals surface area contributed by atoms with Crippen LogP contribution in [-0.2, 0) is 43.3 Å². The van der Waals surface area contributed by atoms with Gasteiger partial charge in [-0.3, -0.25) is 0 Å². The fourth-order valence-electron chi connectivity index (χ4n) is 13.2. The van der Waals surface area contributed by atoms with Crippen LogP contribution in [0.15, 0.2) is 165 Å².